The number of hydrogen-bond donors (Lipinski definition) is 1. The number of hydrogen-bond acceptors (Lipinski definition) is 3. The summed E-state index contributed by atoms with van der Waals surface area (Å²) in [5.74, 6) is 1.73. The fraction of sp³-hybridized carbons (Fsp3) is 0.409. The molecular formula is C22H30N2O3. The molecule has 0 aliphatic rings. The summed E-state index contributed by atoms with van der Waals surface area (Å²) in [5, 5.41) is 3.04. The van der Waals surface area contributed by atoms with E-state index in [1.54, 1.807) is 19.1 Å². The van der Waals surface area contributed by atoms with Gasteiger partial charge in [0.1, 0.15) is 11.5 Å². The molecule has 0 radical (unpaired) electrons. The van der Waals surface area contributed by atoms with Gasteiger partial charge < -0.3 is 19.7 Å². The third-order valence-electron chi connectivity index (χ3n) is 4.52. The Hall–Kier alpha value is -2.69. The number of methoxy groups -OCH3 is 1. The molecule has 0 aliphatic carbocycles. The van der Waals surface area contributed by atoms with Crippen molar-refractivity contribution in [3.63, 3.8) is 0 Å². The van der Waals surface area contributed by atoms with Crippen molar-refractivity contribution in [2.75, 3.05) is 20.8 Å². The van der Waals surface area contributed by atoms with Crippen LogP contribution in [0.1, 0.15) is 42.1 Å². The van der Waals surface area contributed by atoms with Crippen LogP contribution >= 0.6 is 0 Å². The molecule has 0 saturated heterocycles. The Bertz CT molecular complexity index is 749. The second-order valence-corrected chi connectivity index (χ2v) is 6.79. The van der Waals surface area contributed by atoms with Gasteiger partial charge in [0.25, 0.3) is 0 Å². The third-order valence-corrected chi connectivity index (χ3v) is 4.52. The van der Waals surface area contributed by atoms with E-state index < -0.39 is 0 Å². The van der Waals surface area contributed by atoms with Crippen molar-refractivity contribution in [2.45, 2.75) is 40.3 Å². The van der Waals surface area contributed by atoms with E-state index >= 15 is 0 Å². The average molecular weight is 370 g/mol. The van der Waals surface area contributed by atoms with Gasteiger partial charge in [0.2, 0.25) is 0 Å². The van der Waals surface area contributed by atoms with Gasteiger partial charge in [-0.25, -0.2) is 4.79 Å². The highest BCUT2D eigenvalue weighted by Gasteiger charge is 2.15. The van der Waals surface area contributed by atoms with E-state index in [2.05, 4.69) is 17.4 Å². The van der Waals surface area contributed by atoms with Gasteiger partial charge >= 0.3 is 6.03 Å². The zero-order chi connectivity index (χ0) is 20.0. The molecular weight excluding hydrogens is 340 g/mol. The number of amides is 2. The third kappa shape index (κ3) is 5.39. The minimum atomic E-state index is -0.109. The van der Waals surface area contributed by atoms with Crippen LogP contribution in [0.4, 0.5) is 4.79 Å². The van der Waals surface area contributed by atoms with Crippen molar-refractivity contribution in [1.29, 1.82) is 0 Å². The van der Waals surface area contributed by atoms with Crippen molar-refractivity contribution in [2.24, 2.45) is 0 Å². The highest BCUT2D eigenvalue weighted by molar-refractivity contribution is 5.74. The molecule has 2 aromatic rings. The topological polar surface area (TPSA) is 50.8 Å². The number of benzene rings is 2. The summed E-state index contributed by atoms with van der Waals surface area (Å²) in [7, 11) is 3.48. The van der Waals surface area contributed by atoms with Gasteiger partial charge in [0, 0.05) is 13.6 Å². The van der Waals surface area contributed by atoms with Crippen molar-refractivity contribution in [3.05, 3.63) is 58.7 Å². The summed E-state index contributed by atoms with van der Waals surface area (Å²) in [4.78, 5) is 14.2. The minimum Gasteiger partial charge on any atom is -0.496 e. The average Bonchev–Trinajstić information content (AvgIpc) is 2.62. The van der Waals surface area contributed by atoms with Gasteiger partial charge in [0.15, 0.2) is 0 Å². The Morgan fingerprint density at radius 3 is 2.26 bits per heavy atom. The highest BCUT2D eigenvalue weighted by atomic mass is 16.5. The van der Waals surface area contributed by atoms with Crippen LogP contribution in [0.5, 0.6) is 11.5 Å². The maximum absolute atomic E-state index is 12.6. The van der Waals surface area contributed by atoms with Gasteiger partial charge in [-0.2, -0.15) is 0 Å². The molecule has 2 rings (SSSR count). The van der Waals surface area contributed by atoms with Crippen molar-refractivity contribution in [1.82, 2.24) is 10.2 Å². The lowest BCUT2D eigenvalue weighted by Gasteiger charge is -2.22. The molecule has 1 atom stereocenters. The maximum atomic E-state index is 12.6. The van der Waals surface area contributed by atoms with Crippen LogP contribution < -0.4 is 14.8 Å². The minimum absolute atomic E-state index is 0.0880. The Kier molecular flexibility index (Phi) is 7.11. The van der Waals surface area contributed by atoms with Crippen molar-refractivity contribution in [3.8, 4) is 11.5 Å². The zero-order valence-electron chi connectivity index (χ0n) is 17.1. The molecule has 0 bridgehead atoms. The normalized spacial score (nSPS) is 11.6. The Morgan fingerprint density at radius 1 is 1.15 bits per heavy atom. The molecule has 0 aromatic heterocycles. The van der Waals surface area contributed by atoms with Gasteiger partial charge in [0.05, 0.1) is 19.8 Å². The lowest BCUT2D eigenvalue weighted by atomic mass is 10.1. The number of ether oxygens (including phenoxy) is 2. The summed E-state index contributed by atoms with van der Waals surface area (Å²) < 4.78 is 10.9. The van der Waals surface area contributed by atoms with E-state index in [0.29, 0.717) is 13.2 Å². The molecule has 0 saturated carbocycles. The first-order chi connectivity index (χ1) is 12.8. The SMILES string of the molecule is CCOc1ccc(C(C)NC(=O)N(C)Cc2cc(C)c(OC)c(C)c2)cc1. The Balaban J connectivity index is 1.98. The first-order valence-electron chi connectivity index (χ1n) is 9.24. The van der Waals surface area contributed by atoms with Crippen LogP contribution in [0.3, 0.4) is 0 Å². The van der Waals surface area contributed by atoms with Crippen molar-refractivity contribution < 1.29 is 14.3 Å². The predicted octanol–water partition coefficient (Wildman–Crippen LogP) is 4.61. The van der Waals surface area contributed by atoms with Crippen LogP contribution in [0.15, 0.2) is 36.4 Å². The summed E-state index contributed by atoms with van der Waals surface area (Å²) in [6, 6.07) is 11.7. The van der Waals surface area contributed by atoms with Crippen LogP contribution in [0.25, 0.3) is 0 Å². The summed E-state index contributed by atoms with van der Waals surface area (Å²) in [6.45, 7) is 9.14. The highest BCUT2D eigenvalue weighted by Crippen LogP contribution is 2.25. The molecule has 146 valence electrons. The van der Waals surface area contributed by atoms with Crippen LogP contribution in [-0.4, -0.2) is 31.7 Å². The molecule has 1 unspecified atom stereocenters. The fourth-order valence-electron chi connectivity index (χ4n) is 3.20. The van der Waals surface area contributed by atoms with E-state index in [9.17, 15) is 4.79 Å². The molecule has 0 spiro atoms. The van der Waals surface area contributed by atoms with E-state index in [4.69, 9.17) is 9.47 Å². The molecule has 5 heteroatoms. The summed E-state index contributed by atoms with van der Waals surface area (Å²) in [6.07, 6.45) is 0. The van der Waals surface area contributed by atoms with E-state index in [-0.39, 0.29) is 12.1 Å². The number of nitrogens with zero attached hydrogens (tertiary/aromatic N) is 1. The van der Waals surface area contributed by atoms with Crippen LogP contribution in [0, 0.1) is 13.8 Å². The summed E-state index contributed by atoms with van der Waals surface area (Å²) >= 11 is 0. The van der Waals surface area contributed by atoms with Gasteiger partial charge in [-0.05, 0) is 62.1 Å². The lowest BCUT2D eigenvalue weighted by molar-refractivity contribution is 0.203. The molecule has 5 nitrogen and oxygen atoms in total. The molecule has 0 heterocycles. The Labute approximate surface area is 162 Å². The molecule has 1 N–H and O–H groups in total. The number of carbonyl (C=O) groups excluding carboxylic acids is 1. The van der Waals surface area contributed by atoms with Crippen LogP contribution in [-0.2, 0) is 6.54 Å². The van der Waals surface area contributed by atoms with Crippen molar-refractivity contribution >= 4 is 6.03 Å². The number of urea groups is 1. The zero-order valence-corrected chi connectivity index (χ0v) is 17.1. The molecule has 2 aromatic carbocycles. The second-order valence-electron chi connectivity index (χ2n) is 6.79. The molecule has 27 heavy (non-hydrogen) atoms. The smallest absolute Gasteiger partial charge is 0.317 e. The van der Waals surface area contributed by atoms with E-state index in [1.165, 1.54) is 0 Å². The van der Waals surface area contributed by atoms with E-state index in [0.717, 1.165) is 33.8 Å². The first-order valence-corrected chi connectivity index (χ1v) is 9.24. The molecule has 0 fully saturated rings. The molecule has 2 amide bonds. The molecule has 0 aliphatic heterocycles. The summed E-state index contributed by atoms with van der Waals surface area (Å²) in [5.41, 5.74) is 4.27. The van der Waals surface area contributed by atoms with Gasteiger partial charge in [-0.3, -0.25) is 0 Å². The maximum Gasteiger partial charge on any atom is 0.317 e. The number of aryl methyl sites for hydroxylation is 2. The lowest BCUT2D eigenvalue weighted by Crippen LogP contribution is -2.38. The van der Waals surface area contributed by atoms with Gasteiger partial charge in [-0.1, -0.05) is 24.3 Å². The quantitative estimate of drug-likeness (QED) is 0.774. The predicted molar refractivity (Wildman–Crippen MR) is 108 cm³/mol. The Morgan fingerprint density at radius 2 is 1.74 bits per heavy atom. The van der Waals surface area contributed by atoms with Gasteiger partial charge in [-0.15, -0.1) is 0 Å². The fourth-order valence-corrected chi connectivity index (χ4v) is 3.20. The number of carbonyl (C=O) groups is 1. The first kappa shape index (κ1) is 20.6. The largest absolute Gasteiger partial charge is 0.496 e. The van der Waals surface area contributed by atoms with E-state index in [1.807, 2.05) is 52.0 Å². The van der Waals surface area contributed by atoms with Crippen LogP contribution in [0.2, 0.25) is 0 Å². The number of nitrogens with one attached hydrogen (secondary N) is 1. The number of rotatable bonds is 7. The standard InChI is InChI=1S/C22H30N2O3/c1-7-27-20-10-8-19(9-11-20)17(4)23-22(25)24(5)14-18-12-15(2)21(26-6)16(3)13-18/h8-13,17H,7,14H2,1-6H3,(H,23,25). The monoisotopic (exact) mass is 370 g/mol. The second kappa shape index (κ2) is 9.31.